The van der Waals surface area contributed by atoms with Crippen molar-refractivity contribution >= 4 is 40.8 Å². The van der Waals surface area contributed by atoms with E-state index in [4.69, 9.17) is 16.7 Å². The Morgan fingerprint density at radius 1 is 1.32 bits per heavy atom. The molecule has 4 nitrogen and oxygen atoms in total. The molecule has 0 atom stereocenters. The van der Waals surface area contributed by atoms with Crippen LogP contribution < -0.4 is 5.32 Å². The van der Waals surface area contributed by atoms with Crippen molar-refractivity contribution in [2.24, 2.45) is 0 Å². The maximum Gasteiger partial charge on any atom is 0.356 e. The molecule has 2 N–H and O–H groups in total. The Bertz CT molecular complexity index is 619. The zero-order chi connectivity index (χ0) is 13.8. The van der Waals surface area contributed by atoms with Gasteiger partial charge in [-0.3, -0.25) is 0 Å². The minimum Gasteiger partial charge on any atom is -0.476 e. The summed E-state index contributed by atoms with van der Waals surface area (Å²) in [5.41, 5.74) is 0.717. The van der Waals surface area contributed by atoms with Gasteiger partial charge in [0.25, 0.3) is 0 Å². The van der Waals surface area contributed by atoms with Crippen LogP contribution in [0.25, 0.3) is 0 Å². The second-order valence-corrected chi connectivity index (χ2v) is 4.91. The van der Waals surface area contributed by atoms with Crippen LogP contribution in [0.4, 0.5) is 11.5 Å². The smallest absolute Gasteiger partial charge is 0.356 e. The van der Waals surface area contributed by atoms with Crippen LogP contribution in [0.3, 0.4) is 0 Å². The van der Waals surface area contributed by atoms with E-state index in [1.54, 1.807) is 17.8 Å². The fourth-order valence-corrected chi connectivity index (χ4v) is 2.29. The molecule has 0 amide bonds. The number of rotatable bonds is 4. The van der Waals surface area contributed by atoms with Gasteiger partial charge < -0.3 is 10.4 Å². The summed E-state index contributed by atoms with van der Waals surface area (Å²) in [6, 6.07) is 10.9. The zero-order valence-corrected chi connectivity index (χ0v) is 11.6. The number of aromatic nitrogens is 1. The molecule has 0 aliphatic heterocycles. The van der Waals surface area contributed by atoms with E-state index in [1.807, 2.05) is 30.5 Å². The number of nitrogens with one attached hydrogen (secondary N) is 1. The Morgan fingerprint density at radius 3 is 2.74 bits per heavy atom. The molecular formula is C13H11ClN2O2S. The van der Waals surface area contributed by atoms with Gasteiger partial charge in [-0.2, -0.15) is 0 Å². The molecule has 6 heteroatoms. The molecule has 19 heavy (non-hydrogen) atoms. The average molecular weight is 295 g/mol. The van der Waals surface area contributed by atoms with Crippen LogP contribution in [-0.4, -0.2) is 22.3 Å². The van der Waals surface area contributed by atoms with Gasteiger partial charge in [-0.1, -0.05) is 23.7 Å². The predicted molar refractivity (Wildman–Crippen MR) is 77.7 cm³/mol. The molecule has 0 saturated carbocycles. The second kappa shape index (κ2) is 5.95. The maximum absolute atomic E-state index is 11.0. The quantitative estimate of drug-likeness (QED) is 0.837. The Hall–Kier alpha value is -1.72. The number of anilines is 2. The highest BCUT2D eigenvalue weighted by Crippen LogP contribution is 2.27. The van der Waals surface area contributed by atoms with E-state index in [0.717, 1.165) is 10.6 Å². The van der Waals surface area contributed by atoms with E-state index in [1.165, 1.54) is 6.07 Å². The predicted octanol–water partition coefficient (Wildman–Crippen LogP) is 3.90. The first kappa shape index (κ1) is 13.7. The molecule has 2 aromatic rings. The number of aromatic carboxylic acids is 1. The Labute approximate surface area is 119 Å². The molecule has 2 rings (SSSR count). The van der Waals surface area contributed by atoms with Crippen molar-refractivity contribution in [2.45, 2.75) is 4.90 Å². The van der Waals surface area contributed by atoms with Crippen molar-refractivity contribution in [3.63, 3.8) is 0 Å². The Balaban J connectivity index is 2.33. The molecule has 1 aromatic heterocycles. The summed E-state index contributed by atoms with van der Waals surface area (Å²) < 4.78 is 0. The summed E-state index contributed by atoms with van der Waals surface area (Å²) in [7, 11) is 0. The van der Waals surface area contributed by atoms with Crippen LogP contribution in [0.15, 0.2) is 41.3 Å². The molecule has 0 spiro atoms. The zero-order valence-electron chi connectivity index (χ0n) is 10.1. The fraction of sp³-hybridized carbons (Fsp3) is 0.0769. The van der Waals surface area contributed by atoms with Crippen molar-refractivity contribution in [1.29, 1.82) is 0 Å². The summed E-state index contributed by atoms with van der Waals surface area (Å²) in [6.45, 7) is 0. The minimum atomic E-state index is -1.15. The lowest BCUT2D eigenvalue weighted by molar-refractivity contribution is 0.0691. The van der Waals surface area contributed by atoms with Crippen molar-refractivity contribution in [3.05, 3.63) is 47.1 Å². The summed E-state index contributed by atoms with van der Waals surface area (Å²) in [6.07, 6.45) is 1.97. The van der Waals surface area contributed by atoms with E-state index in [9.17, 15) is 4.79 Å². The molecule has 0 bridgehead atoms. The first-order chi connectivity index (χ1) is 9.11. The number of thioether (sulfide) groups is 1. The number of hydrogen-bond acceptors (Lipinski definition) is 4. The lowest BCUT2D eigenvalue weighted by atomic mass is 10.3. The lowest BCUT2D eigenvalue weighted by Gasteiger charge is -2.10. The summed E-state index contributed by atoms with van der Waals surface area (Å²) in [5.74, 6) is -0.699. The van der Waals surface area contributed by atoms with E-state index in [0.29, 0.717) is 5.82 Å². The van der Waals surface area contributed by atoms with Gasteiger partial charge in [0.15, 0.2) is 5.69 Å². The number of carboxylic acids is 1. The summed E-state index contributed by atoms with van der Waals surface area (Å²) in [5, 5.41) is 12.2. The third kappa shape index (κ3) is 3.19. The van der Waals surface area contributed by atoms with Gasteiger partial charge in [0.1, 0.15) is 5.82 Å². The van der Waals surface area contributed by atoms with Crippen LogP contribution >= 0.6 is 23.4 Å². The first-order valence-electron chi connectivity index (χ1n) is 5.41. The summed E-state index contributed by atoms with van der Waals surface area (Å²) in [4.78, 5) is 16.0. The third-order valence-corrected chi connectivity index (χ3v) is 3.52. The molecule has 0 radical (unpaired) electrons. The number of halogens is 1. The molecule has 0 saturated heterocycles. The molecule has 1 heterocycles. The van der Waals surface area contributed by atoms with Gasteiger partial charge in [-0.25, -0.2) is 9.78 Å². The number of hydrogen-bond donors (Lipinski definition) is 2. The number of carboxylic acid groups (broad SMARTS) is 1. The molecule has 1 aromatic carbocycles. The number of benzene rings is 1. The van der Waals surface area contributed by atoms with E-state index in [-0.39, 0.29) is 10.7 Å². The number of para-hydroxylation sites is 1. The van der Waals surface area contributed by atoms with Crippen LogP contribution in [-0.2, 0) is 0 Å². The van der Waals surface area contributed by atoms with Gasteiger partial charge in [-0.05, 0) is 30.5 Å². The topological polar surface area (TPSA) is 62.2 Å². The second-order valence-electron chi connectivity index (χ2n) is 3.66. The molecule has 0 fully saturated rings. The van der Waals surface area contributed by atoms with Crippen molar-refractivity contribution < 1.29 is 9.90 Å². The van der Waals surface area contributed by atoms with Crippen molar-refractivity contribution in [1.82, 2.24) is 4.98 Å². The first-order valence-corrected chi connectivity index (χ1v) is 7.02. The molecule has 0 aliphatic rings. The lowest BCUT2D eigenvalue weighted by Crippen LogP contribution is -2.04. The molecular weight excluding hydrogens is 284 g/mol. The Kier molecular flexibility index (Phi) is 4.29. The normalized spacial score (nSPS) is 10.2. The molecule has 0 aliphatic carbocycles. The average Bonchev–Trinajstić information content (AvgIpc) is 2.41. The van der Waals surface area contributed by atoms with Crippen molar-refractivity contribution in [3.8, 4) is 0 Å². The van der Waals surface area contributed by atoms with Gasteiger partial charge >= 0.3 is 5.97 Å². The number of pyridine rings is 1. The van der Waals surface area contributed by atoms with Gasteiger partial charge in [0.2, 0.25) is 0 Å². The summed E-state index contributed by atoms with van der Waals surface area (Å²) >= 11 is 7.37. The van der Waals surface area contributed by atoms with E-state index >= 15 is 0 Å². The standard InChI is InChI=1S/C13H11ClN2O2S/c1-19-10-5-3-2-4-9(10)15-11-7-6-8(14)12(16-11)13(17)18/h2-7H,1H3,(H,15,16)(H,17,18). The van der Waals surface area contributed by atoms with Crippen LogP contribution in [0.1, 0.15) is 10.5 Å². The van der Waals surface area contributed by atoms with Crippen LogP contribution in [0, 0.1) is 0 Å². The van der Waals surface area contributed by atoms with Gasteiger partial charge in [-0.15, -0.1) is 11.8 Å². The van der Waals surface area contributed by atoms with Crippen LogP contribution in [0.5, 0.6) is 0 Å². The number of nitrogens with zero attached hydrogens (tertiary/aromatic N) is 1. The Morgan fingerprint density at radius 2 is 2.05 bits per heavy atom. The fourth-order valence-electron chi connectivity index (χ4n) is 1.55. The molecule has 0 unspecified atom stereocenters. The highest BCUT2D eigenvalue weighted by atomic mass is 35.5. The van der Waals surface area contributed by atoms with Gasteiger partial charge in [0, 0.05) is 4.90 Å². The SMILES string of the molecule is CSc1ccccc1Nc1ccc(Cl)c(C(=O)O)n1. The van der Waals surface area contributed by atoms with E-state index in [2.05, 4.69) is 10.3 Å². The van der Waals surface area contributed by atoms with Crippen LogP contribution in [0.2, 0.25) is 5.02 Å². The maximum atomic E-state index is 11.0. The molecule has 98 valence electrons. The third-order valence-electron chi connectivity index (χ3n) is 2.42. The minimum absolute atomic E-state index is 0.121. The highest BCUT2D eigenvalue weighted by Gasteiger charge is 2.12. The highest BCUT2D eigenvalue weighted by molar-refractivity contribution is 7.98. The monoisotopic (exact) mass is 294 g/mol. The van der Waals surface area contributed by atoms with Crippen molar-refractivity contribution in [2.75, 3.05) is 11.6 Å². The largest absolute Gasteiger partial charge is 0.476 e. The van der Waals surface area contributed by atoms with Gasteiger partial charge in [0.05, 0.1) is 10.7 Å². The van der Waals surface area contributed by atoms with E-state index < -0.39 is 5.97 Å². The number of carbonyl (C=O) groups is 1.